The van der Waals surface area contributed by atoms with Gasteiger partial charge in [0.05, 0.1) is 6.07 Å². The Kier molecular flexibility index (Phi) is 4.72. The van der Waals surface area contributed by atoms with E-state index >= 15 is 0 Å². The molecule has 10 heteroatoms. The van der Waals surface area contributed by atoms with E-state index in [1.165, 1.54) is 6.07 Å². The van der Waals surface area contributed by atoms with Crippen LogP contribution in [0, 0.1) is 11.3 Å². The number of hydrogen-bond donors (Lipinski definition) is 2. The maximum atomic E-state index is 12.6. The van der Waals surface area contributed by atoms with Crippen LogP contribution in [0.4, 0.5) is 32.0 Å². The molecule has 0 aromatic heterocycles. The van der Waals surface area contributed by atoms with E-state index in [1.54, 1.807) is 0 Å². The van der Waals surface area contributed by atoms with Gasteiger partial charge >= 0.3 is 12.4 Å². The molecule has 0 saturated heterocycles. The molecule has 0 bridgehead atoms. The summed E-state index contributed by atoms with van der Waals surface area (Å²) < 4.78 is 75.7. The van der Waals surface area contributed by atoms with Crippen LogP contribution < -0.4 is 5.32 Å². The van der Waals surface area contributed by atoms with E-state index in [0.29, 0.717) is 12.1 Å². The van der Waals surface area contributed by atoms with Crippen molar-refractivity contribution in [2.45, 2.75) is 24.4 Å². The number of amides is 1. The first kappa shape index (κ1) is 17.8. The smallest absolute Gasteiger partial charge is 0.369 e. The summed E-state index contributed by atoms with van der Waals surface area (Å²) in [4.78, 5) is 11.1. The molecule has 2 N–H and O–H groups in total. The summed E-state index contributed by atoms with van der Waals surface area (Å²) in [5.74, 6) is -0.780. The van der Waals surface area contributed by atoms with Crippen LogP contribution >= 0.6 is 0 Å². The molecule has 0 heterocycles. The molecule has 1 rings (SSSR count). The number of rotatable bonds is 3. The highest BCUT2D eigenvalue weighted by Gasteiger charge is 2.71. The topological polar surface area (TPSA) is 73.1 Å². The number of halogens is 6. The lowest BCUT2D eigenvalue weighted by atomic mass is 9.92. The number of nitrogens with one attached hydrogen (secondary N) is 1. The Bertz CT molecular complexity index is 572. The molecule has 0 radical (unpaired) electrons. The van der Waals surface area contributed by atoms with Crippen LogP contribution in [-0.2, 0) is 10.4 Å². The molecule has 0 aliphatic rings. The SMILES string of the molecule is N#CCC(=O)Nc1ccc(C(O)(C(F)(F)F)C(F)(F)F)cc1. The Balaban J connectivity index is 3.16. The fraction of sp³-hybridized carbons (Fsp3) is 0.333. The zero-order valence-electron chi connectivity index (χ0n) is 10.6. The van der Waals surface area contributed by atoms with Crippen molar-refractivity contribution >= 4 is 11.6 Å². The lowest BCUT2D eigenvalue weighted by Crippen LogP contribution is -2.53. The van der Waals surface area contributed by atoms with Gasteiger partial charge in [0.1, 0.15) is 6.42 Å². The molecule has 0 saturated carbocycles. The number of carbonyl (C=O) groups excluding carboxylic acids is 1. The Morgan fingerprint density at radius 2 is 1.55 bits per heavy atom. The van der Waals surface area contributed by atoms with Crippen LogP contribution in [0.3, 0.4) is 0 Å². The average Bonchev–Trinajstić information content (AvgIpc) is 2.36. The van der Waals surface area contributed by atoms with Gasteiger partial charge in [0.25, 0.3) is 5.60 Å². The van der Waals surface area contributed by atoms with Crippen LogP contribution in [-0.4, -0.2) is 23.4 Å². The molecule has 0 aliphatic carbocycles. The van der Waals surface area contributed by atoms with Gasteiger partial charge in [-0.2, -0.15) is 31.6 Å². The van der Waals surface area contributed by atoms with Gasteiger partial charge in [0, 0.05) is 11.3 Å². The second-order valence-corrected chi connectivity index (χ2v) is 4.17. The van der Waals surface area contributed by atoms with Crippen molar-refractivity contribution in [2.24, 2.45) is 0 Å². The van der Waals surface area contributed by atoms with Gasteiger partial charge in [-0.25, -0.2) is 0 Å². The van der Waals surface area contributed by atoms with Gasteiger partial charge in [0.15, 0.2) is 0 Å². The standard InChI is InChI=1S/C12H8F6N2O2/c13-11(14,15)10(22,12(16,17)18)7-1-3-8(4-2-7)20-9(21)5-6-19/h1-4,22H,5H2,(H,20,21). The molecular weight excluding hydrogens is 318 g/mol. The van der Waals surface area contributed by atoms with E-state index in [-0.39, 0.29) is 5.69 Å². The Morgan fingerprint density at radius 3 is 1.91 bits per heavy atom. The molecule has 22 heavy (non-hydrogen) atoms. The first-order chi connectivity index (χ1) is 9.93. The minimum atomic E-state index is -5.98. The maximum Gasteiger partial charge on any atom is 0.430 e. The summed E-state index contributed by atoms with van der Waals surface area (Å²) in [7, 11) is 0. The summed E-state index contributed by atoms with van der Waals surface area (Å²) in [5, 5.41) is 19.5. The molecule has 1 amide bonds. The minimum absolute atomic E-state index is 0.115. The lowest BCUT2D eigenvalue weighted by molar-refractivity contribution is -0.376. The van der Waals surface area contributed by atoms with Crippen LogP contribution in [0.25, 0.3) is 0 Å². The van der Waals surface area contributed by atoms with Crippen molar-refractivity contribution in [3.05, 3.63) is 29.8 Å². The Hall–Kier alpha value is -2.28. The number of alkyl halides is 6. The summed E-state index contributed by atoms with van der Waals surface area (Å²) in [6.07, 6.45) is -12.5. The maximum absolute atomic E-state index is 12.6. The average molecular weight is 326 g/mol. The minimum Gasteiger partial charge on any atom is -0.369 e. The molecule has 0 aliphatic heterocycles. The van der Waals surface area contributed by atoms with Gasteiger partial charge in [-0.05, 0) is 12.1 Å². The van der Waals surface area contributed by atoms with E-state index in [4.69, 9.17) is 10.4 Å². The summed E-state index contributed by atoms with van der Waals surface area (Å²) in [6, 6.07) is 3.81. The number of anilines is 1. The zero-order chi connectivity index (χ0) is 17.2. The van der Waals surface area contributed by atoms with E-state index in [1.807, 2.05) is 0 Å². The predicted octanol–water partition coefficient (Wildman–Crippen LogP) is 2.85. The van der Waals surface area contributed by atoms with Gasteiger partial charge in [0.2, 0.25) is 5.91 Å². The van der Waals surface area contributed by atoms with Crippen molar-refractivity contribution in [3.63, 3.8) is 0 Å². The summed E-state index contributed by atoms with van der Waals surface area (Å²) in [6.45, 7) is 0. The highest BCUT2D eigenvalue weighted by atomic mass is 19.4. The third-order valence-corrected chi connectivity index (χ3v) is 2.65. The Morgan fingerprint density at radius 1 is 1.09 bits per heavy atom. The molecule has 120 valence electrons. The van der Waals surface area contributed by atoms with E-state index in [0.717, 1.165) is 12.1 Å². The third-order valence-electron chi connectivity index (χ3n) is 2.65. The number of aliphatic hydroxyl groups is 1. The van der Waals surface area contributed by atoms with Crippen LogP contribution in [0.15, 0.2) is 24.3 Å². The molecule has 1 aromatic rings. The van der Waals surface area contributed by atoms with Crippen molar-refractivity contribution in [1.29, 1.82) is 5.26 Å². The number of nitriles is 1. The third kappa shape index (κ3) is 3.30. The first-order valence-electron chi connectivity index (χ1n) is 5.56. The highest BCUT2D eigenvalue weighted by molar-refractivity contribution is 5.92. The van der Waals surface area contributed by atoms with Crippen molar-refractivity contribution < 1.29 is 36.2 Å². The van der Waals surface area contributed by atoms with Gasteiger partial charge in [-0.3, -0.25) is 4.79 Å². The second-order valence-electron chi connectivity index (χ2n) is 4.17. The summed E-state index contributed by atoms with van der Waals surface area (Å²) in [5.41, 5.74) is -6.57. The van der Waals surface area contributed by atoms with Crippen molar-refractivity contribution in [3.8, 4) is 6.07 Å². The monoisotopic (exact) mass is 326 g/mol. The molecule has 4 nitrogen and oxygen atoms in total. The van der Waals surface area contributed by atoms with Gasteiger partial charge in [-0.15, -0.1) is 0 Å². The normalized spacial score (nSPS) is 12.6. The molecular formula is C12H8F6N2O2. The van der Waals surface area contributed by atoms with Crippen LogP contribution in [0.5, 0.6) is 0 Å². The number of carbonyl (C=O) groups is 1. The number of hydrogen-bond acceptors (Lipinski definition) is 3. The molecule has 0 spiro atoms. The summed E-state index contributed by atoms with van der Waals surface area (Å²) >= 11 is 0. The van der Waals surface area contributed by atoms with Crippen molar-refractivity contribution in [2.75, 3.05) is 5.32 Å². The molecule has 0 unspecified atom stereocenters. The van der Waals surface area contributed by atoms with Gasteiger partial charge in [-0.1, -0.05) is 12.1 Å². The zero-order valence-corrected chi connectivity index (χ0v) is 10.6. The van der Waals surface area contributed by atoms with Crippen LogP contribution in [0.1, 0.15) is 12.0 Å². The quantitative estimate of drug-likeness (QED) is 0.839. The molecule has 1 aromatic carbocycles. The van der Waals surface area contributed by atoms with Crippen LogP contribution in [0.2, 0.25) is 0 Å². The van der Waals surface area contributed by atoms with E-state index in [9.17, 15) is 31.1 Å². The number of nitrogens with zero attached hydrogens (tertiary/aromatic N) is 1. The fourth-order valence-electron chi connectivity index (χ4n) is 1.56. The molecule has 0 atom stereocenters. The largest absolute Gasteiger partial charge is 0.430 e. The highest BCUT2D eigenvalue weighted by Crippen LogP contribution is 2.50. The van der Waals surface area contributed by atoms with Crippen molar-refractivity contribution in [1.82, 2.24) is 0 Å². The van der Waals surface area contributed by atoms with Gasteiger partial charge < -0.3 is 10.4 Å². The predicted molar refractivity (Wildman–Crippen MR) is 61.3 cm³/mol. The lowest BCUT2D eigenvalue weighted by Gasteiger charge is -2.32. The van der Waals surface area contributed by atoms with E-state index in [2.05, 4.69) is 5.32 Å². The fourth-order valence-corrected chi connectivity index (χ4v) is 1.56. The first-order valence-corrected chi connectivity index (χ1v) is 5.56. The second kappa shape index (κ2) is 5.84. The van der Waals surface area contributed by atoms with E-state index < -0.39 is 35.8 Å². The molecule has 0 fully saturated rings. The number of benzene rings is 1. The Labute approximate surface area is 120 Å².